The van der Waals surface area contributed by atoms with Gasteiger partial charge in [-0.05, 0) is 54.8 Å². The van der Waals surface area contributed by atoms with Crippen molar-refractivity contribution in [1.82, 2.24) is 0 Å². The number of ether oxygens (including phenoxy) is 3. The molecular weight excluding hydrogens is 340 g/mol. The Labute approximate surface area is 132 Å². The molecule has 1 N–H and O–H groups in total. The van der Waals surface area contributed by atoms with Gasteiger partial charge in [0.05, 0.1) is 28.9 Å². The summed E-state index contributed by atoms with van der Waals surface area (Å²) < 4.78 is 17.6. The molecule has 0 bridgehead atoms. The maximum atomic E-state index is 11.1. The summed E-state index contributed by atoms with van der Waals surface area (Å²) in [7, 11) is 0. The van der Waals surface area contributed by atoms with E-state index >= 15 is 0 Å². The van der Waals surface area contributed by atoms with Crippen molar-refractivity contribution in [3.63, 3.8) is 0 Å². The first-order chi connectivity index (χ1) is 10.0. The summed E-state index contributed by atoms with van der Waals surface area (Å²) in [5.74, 6) is -0.0588. The highest BCUT2D eigenvalue weighted by molar-refractivity contribution is 9.10. The van der Waals surface area contributed by atoms with Crippen LogP contribution in [0.5, 0.6) is 11.5 Å². The molecule has 1 aromatic rings. The van der Waals surface area contributed by atoms with E-state index in [2.05, 4.69) is 15.9 Å². The zero-order valence-electron chi connectivity index (χ0n) is 12.1. The monoisotopic (exact) mass is 358 g/mol. The lowest BCUT2D eigenvalue weighted by molar-refractivity contribution is 0.0256. The Morgan fingerprint density at radius 1 is 1.43 bits per heavy atom. The maximum absolute atomic E-state index is 11.1. The van der Waals surface area contributed by atoms with Crippen LogP contribution in [0.15, 0.2) is 16.6 Å². The van der Waals surface area contributed by atoms with Gasteiger partial charge in [0.15, 0.2) is 11.5 Å². The number of benzene rings is 1. The minimum Gasteiger partial charge on any atom is -0.490 e. The molecule has 1 aromatic carbocycles. The molecule has 0 spiro atoms. The van der Waals surface area contributed by atoms with Crippen molar-refractivity contribution < 1.29 is 24.1 Å². The van der Waals surface area contributed by atoms with Crippen LogP contribution >= 0.6 is 15.9 Å². The summed E-state index contributed by atoms with van der Waals surface area (Å²) in [4.78, 5) is 11.1. The number of carboxylic acid groups (broad SMARTS) is 1. The molecular formula is C15H19BrO5. The van der Waals surface area contributed by atoms with Crippen LogP contribution in [0.25, 0.3) is 0 Å². The molecule has 1 saturated heterocycles. The summed E-state index contributed by atoms with van der Waals surface area (Å²) in [6.45, 7) is 4.74. The number of halogens is 1. The van der Waals surface area contributed by atoms with E-state index in [0.717, 1.165) is 12.8 Å². The molecule has 0 aliphatic carbocycles. The largest absolute Gasteiger partial charge is 0.490 e. The fraction of sp³-hybridized carbons (Fsp3) is 0.533. The second-order valence-corrected chi connectivity index (χ2v) is 5.83. The van der Waals surface area contributed by atoms with E-state index in [1.807, 2.05) is 13.8 Å². The molecule has 21 heavy (non-hydrogen) atoms. The Balaban J connectivity index is 2.14. The molecule has 2 unspecified atom stereocenters. The van der Waals surface area contributed by atoms with Crippen molar-refractivity contribution in [2.45, 2.75) is 38.9 Å². The third-order valence-corrected chi connectivity index (χ3v) is 3.88. The molecule has 1 aliphatic heterocycles. The van der Waals surface area contributed by atoms with E-state index in [9.17, 15) is 4.79 Å². The molecule has 0 aromatic heterocycles. The standard InChI is InChI=1S/C15H19BrO5/c1-3-19-13-7-10(15(17)18)6-12(16)14(13)20-8-11-5-4-9(2)21-11/h6-7,9,11H,3-5,8H2,1-2H3,(H,17,18). The summed E-state index contributed by atoms with van der Waals surface area (Å²) in [5.41, 5.74) is 0.156. The highest BCUT2D eigenvalue weighted by atomic mass is 79.9. The molecule has 116 valence electrons. The smallest absolute Gasteiger partial charge is 0.335 e. The predicted molar refractivity (Wildman–Crippen MR) is 81.3 cm³/mol. The van der Waals surface area contributed by atoms with Crippen LogP contribution in [-0.4, -0.2) is 36.5 Å². The maximum Gasteiger partial charge on any atom is 0.335 e. The third kappa shape index (κ3) is 4.11. The summed E-state index contributed by atoms with van der Waals surface area (Å²) in [6.07, 6.45) is 2.34. The predicted octanol–water partition coefficient (Wildman–Crippen LogP) is 3.49. The number of carboxylic acids is 1. The topological polar surface area (TPSA) is 65.0 Å². The highest BCUT2D eigenvalue weighted by Crippen LogP contribution is 2.37. The second kappa shape index (κ2) is 7.13. The highest BCUT2D eigenvalue weighted by Gasteiger charge is 2.23. The van der Waals surface area contributed by atoms with Gasteiger partial charge in [-0.15, -0.1) is 0 Å². The minimum absolute atomic E-state index is 0.0699. The van der Waals surface area contributed by atoms with Gasteiger partial charge in [-0.3, -0.25) is 0 Å². The summed E-state index contributed by atoms with van der Waals surface area (Å²) in [5, 5.41) is 9.09. The average molecular weight is 359 g/mol. The number of aromatic carboxylic acids is 1. The van der Waals surface area contributed by atoms with Gasteiger partial charge in [-0.1, -0.05) is 0 Å². The normalized spacial score (nSPS) is 21.3. The lowest BCUT2D eigenvalue weighted by atomic mass is 10.2. The quantitative estimate of drug-likeness (QED) is 0.842. The van der Waals surface area contributed by atoms with Gasteiger partial charge in [0.1, 0.15) is 6.61 Å². The van der Waals surface area contributed by atoms with E-state index in [0.29, 0.717) is 29.2 Å². The molecule has 0 radical (unpaired) electrons. The lowest BCUT2D eigenvalue weighted by Gasteiger charge is -2.17. The first kappa shape index (κ1) is 16.1. The minimum atomic E-state index is -1.00. The van der Waals surface area contributed by atoms with Crippen molar-refractivity contribution in [3.8, 4) is 11.5 Å². The van der Waals surface area contributed by atoms with Gasteiger partial charge in [-0.25, -0.2) is 4.79 Å². The van der Waals surface area contributed by atoms with E-state index in [4.69, 9.17) is 19.3 Å². The van der Waals surface area contributed by atoms with Crippen LogP contribution in [0, 0.1) is 0 Å². The van der Waals surface area contributed by atoms with Gasteiger partial charge in [0.2, 0.25) is 0 Å². The van der Waals surface area contributed by atoms with Gasteiger partial charge >= 0.3 is 5.97 Å². The van der Waals surface area contributed by atoms with Crippen molar-refractivity contribution in [2.24, 2.45) is 0 Å². The first-order valence-corrected chi connectivity index (χ1v) is 7.78. The Kier molecular flexibility index (Phi) is 5.47. The van der Waals surface area contributed by atoms with E-state index < -0.39 is 5.97 Å². The SMILES string of the molecule is CCOc1cc(C(=O)O)cc(Br)c1OCC1CCC(C)O1. The Morgan fingerprint density at radius 2 is 2.19 bits per heavy atom. The average Bonchev–Trinajstić information content (AvgIpc) is 2.83. The number of carbonyl (C=O) groups is 1. The molecule has 1 heterocycles. The Hall–Kier alpha value is -1.27. The molecule has 0 amide bonds. The van der Waals surface area contributed by atoms with Gasteiger partial charge < -0.3 is 19.3 Å². The van der Waals surface area contributed by atoms with Crippen LogP contribution in [0.4, 0.5) is 0 Å². The lowest BCUT2D eigenvalue weighted by Crippen LogP contribution is -2.18. The molecule has 5 nitrogen and oxygen atoms in total. The van der Waals surface area contributed by atoms with Crippen molar-refractivity contribution in [1.29, 1.82) is 0 Å². The van der Waals surface area contributed by atoms with Crippen LogP contribution < -0.4 is 9.47 Å². The van der Waals surface area contributed by atoms with Crippen molar-refractivity contribution in [3.05, 3.63) is 22.2 Å². The zero-order valence-corrected chi connectivity index (χ0v) is 13.7. The molecule has 0 saturated carbocycles. The fourth-order valence-corrected chi connectivity index (χ4v) is 2.84. The van der Waals surface area contributed by atoms with Crippen LogP contribution in [-0.2, 0) is 4.74 Å². The summed E-state index contributed by atoms with van der Waals surface area (Å²) >= 11 is 3.35. The van der Waals surface area contributed by atoms with Crippen molar-refractivity contribution in [2.75, 3.05) is 13.2 Å². The zero-order chi connectivity index (χ0) is 15.4. The molecule has 2 rings (SSSR count). The fourth-order valence-electron chi connectivity index (χ4n) is 2.28. The van der Waals surface area contributed by atoms with E-state index in [1.165, 1.54) is 12.1 Å². The van der Waals surface area contributed by atoms with Crippen LogP contribution in [0.3, 0.4) is 0 Å². The third-order valence-electron chi connectivity index (χ3n) is 3.29. The van der Waals surface area contributed by atoms with E-state index in [1.54, 1.807) is 0 Å². The first-order valence-electron chi connectivity index (χ1n) is 6.99. The van der Waals surface area contributed by atoms with Crippen LogP contribution in [0.1, 0.15) is 37.0 Å². The number of hydrogen-bond donors (Lipinski definition) is 1. The van der Waals surface area contributed by atoms with Crippen molar-refractivity contribution >= 4 is 21.9 Å². The van der Waals surface area contributed by atoms with Gasteiger partial charge in [0, 0.05) is 0 Å². The molecule has 6 heteroatoms. The van der Waals surface area contributed by atoms with Gasteiger partial charge in [0.25, 0.3) is 0 Å². The molecule has 2 atom stereocenters. The second-order valence-electron chi connectivity index (χ2n) is 4.98. The number of rotatable bonds is 6. The van der Waals surface area contributed by atoms with Crippen LogP contribution in [0.2, 0.25) is 0 Å². The molecule has 1 aliphatic rings. The Bertz CT molecular complexity index is 517. The Morgan fingerprint density at radius 3 is 2.76 bits per heavy atom. The summed E-state index contributed by atoms with van der Waals surface area (Å²) in [6, 6.07) is 2.99. The van der Waals surface area contributed by atoms with Gasteiger partial charge in [-0.2, -0.15) is 0 Å². The van der Waals surface area contributed by atoms with E-state index in [-0.39, 0.29) is 17.8 Å². The molecule has 1 fully saturated rings. The number of hydrogen-bond acceptors (Lipinski definition) is 4.